The van der Waals surface area contributed by atoms with Crippen LogP contribution in [0.2, 0.25) is 0 Å². The van der Waals surface area contributed by atoms with Gasteiger partial charge < -0.3 is 19.5 Å². The number of amides is 1. The molecule has 2 aromatic rings. The highest BCUT2D eigenvalue weighted by Crippen LogP contribution is 2.19. The fourth-order valence-electron chi connectivity index (χ4n) is 2.31. The molecule has 0 saturated carbocycles. The zero-order chi connectivity index (χ0) is 19.1. The highest BCUT2D eigenvalue weighted by Gasteiger charge is 2.11. The van der Waals surface area contributed by atoms with Crippen molar-refractivity contribution in [2.75, 3.05) is 20.3 Å². The van der Waals surface area contributed by atoms with Gasteiger partial charge >= 0.3 is 5.97 Å². The Kier molecular flexibility index (Phi) is 6.60. The van der Waals surface area contributed by atoms with Crippen LogP contribution in [0.3, 0.4) is 0 Å². The second-order valence-electron chi connectivity index (χ2n) is 6.13. The summed E-state index contributed by atoms with van der Waals surface area (Å²) >= 11 is 0. The summed E-state index contributed by atoms with van der Waals surface area (Å²) < 4.78 is 10.7. The third-order valence-corrected chi connectivity index (χ3v) is 3.83. The zero-order valence-corrected chi connectivity index (χ0v) is 15.2. The first kappa shape index (κ1) is 19.3. The van der Waals surface area contributed by atoms with E-state index in [4.69, 9.17) is 14.6 Å². The van der Waals surface area contributed by atoms with Crippen LogP contribution in [-0.2, 0) is 16.1 Å². The summed E-state index contributed by atoms with van der Waals surface area (Å²) in [7, 11) is 1.71. The Balaban J connectivity index is 1.86. The second kappa shape index (κ2) is 8.89. The number of carbonyl (C=O) groups is 2. The molecule has 138 valence electrons. The minimum atomic E-state index is -1.02. The van der Waals surface area contributed by atoms with Crippen molar-refractivity contribution in [3.05, 3.63) is 59.2 Å². The lowest BCUT2D eigenvalue weighted by molar-refractivity contribution is -0.139. The van der Waals surface area contributed by atoms with Gasteiger partial charge in [-0.2, -0.15) is 0 Å². The average molecular weight is 357 g/mol. The van der Waals surface area contributed by atoms with Crippen LogP contribution in [0.5, 0.6) is 11.5 Å². The van der Waals surface area contributed by atoms with Crippen molar-refractivity contribution in [1.29, 1.82) is 0 Å². The molecule has 0 bridgehead atoms. The largest absolute Gasteiger partial charge is 0.483 e. The lowest BCUT2D eigenvalue weighted by atomic mass is 10.1. The van der Waals surface area contributed by atoms with E-state index < -0.39 is 5.97 Å². The third kappa shape index (κ3) is 5.81. The molecular formula is C20H23NO5. The van der Waals surface area contributed by atoms with E-state index in [-0.39, 0.29) is 19.1 Å². The number of carboxylic acid groups (broad SMARTS) is 1. The Morgan fingerprint density at radius 2 is 1.69 bits per heavy atom. The Morgan fingerprint density at radius 1 is 1.00 bits per heavy atom. The predicted molar refractivity (Wildman–Crippen MR) is 97.5 cm³/mol. The van der Waals surface area contributed by atoms with Crippen LogP contribution >= 0.6 is 0 Å². The summed E-state index contributed by atoms with van der Waals surface area (Å²) in [5, 5.41) is 8.59. The van der Waals surface area contributed by atoms with Gasteiger partial charge in [-0.1, -0.05) is 24.3 Å². The molecule has 0 aliphatic heterocycles. The first-order valence-electron chi connectivity index (χ1n) is 8.22. The summed E-state index contributed by atoms with van der Waals surface area (Å²) in [5.41, 5.74) is 2.98. The maximum atomic E-state index is 12.3. The molecule has 2 rings (SSSR count). The number of hydrogen-bond acceptors (Lipinski definition) is 4. The quantitative estimate of drug-likeness (QED) is 0.786. The standard InChI is InChI=1S/C20H23NO5/c1-14-4-5-15(2)18(10-14)26-12-19(22)21(3)11-16-6-8-17(9-7-16)25-13-20(23)24/h4-10H,11-13H2,1-3H3,(H,23,24). The van der Waals surface area contributed by atoms with E-state index in [1.165, 1.54) is 0 Å². The number of hydrogen-bond donors (Lipinski definition) is 1. The van der Waals surface area contributed by atoms with Crippen molar-refractivity contribution < 1.29 is 24.2 Å². The van der Waals surface area contributed by atoms with Gasteiger partial charge in [-0.3, -0.25) is 4.79 Å². The second-order valence-corrected chi connectivity index (χ2v) is 6.13. The Hall–Kier alpha value is -3.02. The molecule has 0 aliphatic carbocycles. The molecule has 0 fully saturated rings. The minimum absolute atomic E-state index is 0.0272. The number of ether oxygens (including phenoxy) is 2. The molecule has 0 heterocycles. The van der Waals surface area contributed by atoms with E-state index in [9.17, 15) is 9.59 Å². The first-order chi connectivity index (χ1) is 12.3. The summed E-state index contributed by atoms with van der Waals surface area (Å²) in [5.74, 6) is 0.0374. The van der Waals surface area contributed by atoms with Gasteiger partial charge in [-0.25, -0.2) is 4.79 Å². The van der Waals surface area contributed by atoms with Crippen molar-refractivity contribution in [2.24, 2.45) is 0 Å². The van der Waals surface area contributed by atoms with Gasteiger partial charge in [0.05, 0.1) is 0 Å². The number of benzene rings is 2. The lowest BCUT2D eigenvalue weighted by Crippen LogP contribution is -2.31. The van der Waals surface area contributed by atoms with Gasteiger partial charge in [0.15, 0.2) is 13.2 Å². The molecule has 1 amide bonds. The van der Waals surface area contributed by atoms with Crippen molar-refractivity contribution >= 4 is 11.9 Å². The molecule has 0 spiro atoms. The minimum Gasteiger partial charge on any atom is -0.483 e. The number of aliphatic carboxylic acids is 1. The van der Waals surface area contributed by atoms with Gasteiger partial charge in [-0.05, 0) is 48.7 Å². The fraction of sp³-hybridized carbons (Fsp3) is 0.300. The van der Waals surface area contributed by atoms with Gasteiger partial charge in [0.25, 0.3) is 5.91 Å². The number of aryl methyl sites for hydroxylation is 2. The van der Waals surface area contributed by atoms with E-state index in [0.29, 0.717) is 18.0 Å². The normalized spacial score (nSPS) is 10.3. The molecule has 0 radical (unpaired) electrons. The maximum absolute atomic E-state index is 12.3. The van der Waals surface area contributed by atoms with Gasteiger partial charge in [0.1, 0.15) is 11.5 Å². The first-order valence-corrected chi connectivity index (χ1v) is 8.22. The Labute approximate surface area is 153 Å². The molecule has 26 heavy (non-hydrogen) atoms. The zero-order valence-electron chi connectivity index (χ0n) is 15.2. The number of rotatable bonds is 8. The van der Waals surface area contributed by atoms with Crippen LogP contribution < -0.4 is 9.47 Å². The lowest BCUT2D eigenvalue weighted by Gasteiger charge is -2.18. The summed E-state index contributed by atoms with van der Waals surface area (Å²) in [6.07, 6.45) is 0. The SMILES string of the molecule is Cc1ccc(C)c(OCC(=O)N(C)Cc2ccc(OCC(=O)O)cc2)c1. The van der Waals surface area contributed by atoms with Crippen LogP contribution in [0, 0.1) is 13.8 Å². The molecule has 0 unspecified atom stereocenters. The highest BCUT2D eigenvalue weighted by molar-refractivity contribution is 5.77. The van der Waals surface area contributed by atoms with Gasteiger partial charge in [0.2, 0.25) is 0 Å². The van der Waals surface area contributed by atoms with Crippen LogP contribution in [0.25, 0.3) is 0 Å². The van der Waals surface area contributed by atoms with Gasteiger partial charge in [-0.15, -0.1) is 0 Å². The molecule has 2 aromatic carbocycles. The maximum Gasteiger partial charge on any atom is 0.341 e. The van der Waals surface area contributed by atoms with E-state index in [1.54, 1.807) is 36.2 Å². The van der Waals surface area contributed by atoms with E-state index in [0.717, 1.165) is 16.7 Å². The Morgan fingerprint density at radius 3 is 2.35 bits per heavy atom. The Bertz CT molecular complexity index is 770. The smallest absolute Gasteiger partial charge is 0.341 e. The van der Waals surface area contributed by atoms with Crippen LogP contribution in [0.15, 0.2) is 42.5 Å². The van der Waals surface area contributed by atoms with Gasteiger partial charge in [0, 0.05) is 13.6 Å². The van der Waals surface area contributed by atoms with Crippen molar-refractivity contribution in [2.45, 2.75) is 20.4 Å². The average Bonchev–Trinajstić information content (AvgIpc) is 2.61. The summed E-state index contributed by atoms with van der Waals surface area (Å²) in [6.45, 7) is 3.93. The van der Waals surface area contributed by atoms with Crippen LogP contribution in [-0.4, -0.2) is 42.1 Å². The topological polar surface area (TPSA) is 76.1 Å². The van der Waals surface area contributed by atoms with Crippen LogP contribution in [0.4, 0.5) is 0 Å². The molecule has 0 aromatic heterocycles. The number of likely N-dealkylation sites (N-methyl/N-ethyl adjacent to an activating group) is 1. The van der Waals surface area contributed by atoms with E-state index >= 15 is 0 Å². The van der Waals surface area contributed by atoms with Crippen molar-refractivity contribution in [1.82, 2.24) is 4.90 Å². The molecular weight excluding hydrogens is 334 g/mol. The van der Waals surface area contributed by atoms with E-state index in [2.05, 4.69) is 0 Å². The van der Waals surface area contributed by atoms with Crippen molar-refractivity contribution in [3.63, 3.8) is 0 Å². The molecule has 0 atom stereocenters. The summed E-state index contributed by atoms with van der Waals surface area (Å²) in [4.78, 5) is 24.3. The molecule has 0 saturated heterocycles. The number of nitrogens with zero attached hydrogens (tertiary/aromatic N) is 1. The number of carboxylic acids is 1. The predicted octanol–water partition coefficient (Wildman–Crippen LogP) is 2.80. The monoisotopic (exact) mass is 357 g/mol. The molecule has 6 nitrogen and oxygen atoms in total. The fourth-order valence-corrected chi connectivity index (χ4v) is 2.31. The third-order valence-electron chi connectivity index (χ3n) is 3.83. The van der Waals surface area contributed by atoms with Crippen molar-refractivity contribution in [3.8, 4) is 11.5 Å². The molecule has 6 heteroatoms. The molecule has 1 N–H and O–H groups in total. The van der Waals surface area contributed by atoms with E-state index in [1.807, 2.05) is 32.0 Å². The summed E-state index contributed by atoms with van der Waals surface area (Å²) in [6, 6.07) is 12.8. The highest BCUT2D eigenvalue weighted by atomic mass is 16.5. The number of carbonyl (C=O) groups excluding carboxylic acids is 1. The molecule has 0 aliphatic rings. The van der Waals surface area contributed by atoms with Crippen LogP contribution in [0.1, 0.15) is 16.7 Å².